The summed E-state index contributed by atoms with van der Waals surface area (Å²) in [5, 5.41) is 2.94. The lowest BCUT2D eigenvalue weighted by Gasteiger charge is -2.13. The molecule has 0 bridgehead atoms. The van der Waals surface area contributed by atoms with Crippen LogP contribution in [0.2, 0.25) is 0 Å². The summed E-state index contributed by atoms with van der Waals surface area (Å²) in [6.45, 7) is 8.23. The third-order valence-corrected chi connectivity index (χ3v) is 5.53. The van der Waals surface area contributed by atoms with Crippen molar-refractivity contribution in [3.05, 3.63) is 59.2 Å². The normalized spacial score (nSPS) is 11.6. The number of sulfonamides is 1. The highest BCUT2D eigenvalue weighted by Crippen LogP contribution is 2.22. The fraction of sp³-hybridized carbons (Fsp3) is 0.350. The summed E-state index contributed by atoms with van der Waals surface area (Å²) >= 11 is 0. The number of nitrogens with one attached hydrogen (secondary N) is 2. The van der Waals surface area contributed by atoms with Crippen LogP contribution in [0.4, 0.5) is 5.69 Å². The Morgan fingerprint density at radius 3 is 2.31 bits per heavy atom. The first-order chi connectivity index (χ1) is 12.2. The summed E-state index contributed by atoms with van der Waals surface area (Å²) in [4.78, 5) is 12.7. The van der Waals surface area contributed by atoms with Crippen molar-refractivity contribution in [3.8, 4) is 0 Å². The van der Waals surface area contributed by atoms with Gasteiger partial charge in [-0.3, -0.25) is 4.79 Å². The van der Waals surface area contributed by atoms with E-state index in [0.717, 1.165) is 23.2 Å². The van der Waals surface area contributed by atoms with Crippen molar-refractivity contribution >= 4 is 21.6 Å². The minimum Gasteiger partial charge on any atom is -0.321 e. The van der Waals surface area contributed by atoms with E-state index in [1.54, 1.807) is 0 Å². The molecule has 2 N–H and O–H groups in total. The molecule has 0 atom stereocenters. The largest absolute Gasteiger partial charge is 0.321 e. The van der Waals surface area contributed by atoms with E-state index in [1.807, 2.05) is 45.9 Å². The van der Waals surface area contributed by atoms with Crippen LogP contribution >= 0.6 is 0 Å². The second-order valence-corrected chi connectivity index (χ2v) is 8.45. The van der Waals surface area contributed by atoms with Gasteiger partial charge >= 0.3 is 0 Å². The van der Waals surface area contributed by atoms with Gasteiger partial charge in [-0.25, -0.2) is 13.1 Å². The Bertz CT molecular complexity index is 872. The fourth-order valence-corrected chi connectivity index (χ4v) is 3.75. The van der Waals surface area contributed by atoms with Crippen molar-refractivity contribution in [1.82, 2.24) is 4.72 Å². The number of carbonyl (C=O) groups is 1. The smallest absolute Gasteiger partial charge is 0.255 e. The van der Waals surface area contributed by atoms with E-state index in [-0.39, 0.29) is 16.7 Å². The van der Waals surface area contributed by atoms with Crippen molar-refractivity contribution in [2.24, 2.45) is 5.92 Å². The second kappa shape index (κ2) is 8.47. The number of hydrogen-bond acceptors (Lipinski definition) is 3. The molecule has 26 heavy (non-hydrogen) atoms. The van der Waals surface area contributed by atoms with Crippen molar-refractivity contribution in [2.45, 2.75) is 39.0 Å². The summed E-state index contributed by atoms with van der Waals surface area (Å²) in [5.41, 5.74) is 3.29. The third-order valence-electron chi connectivity index (χ3n) is 4.09. The van der Waals surface area contributed by atoms with Crippen LogP contribution in [-0.4, -0.2) is 20.9 Å². The molecule has 5 nitrogen and oxygen atoms in total. The molecular formula is C20H26N2O3S. The predicted molar refractivity (Wildman–Crippen MR) is 105 cm³/mol. The lowest BCUT2D eigenvalue weighted by molar-refractivity contribution is 0.102. The maximum Gasteiger partial charge on any atom is 0.255 e. The van der Waals surface area contributed by atoms with E-state index in [1.165, 1.54) is 24.3 Å². The average Bonchev–Trinajstić information content (AvgIpc) is 2.61. The van der Waals surface area contributed by atoms with Crippen molar-refractivity contribution < 1.29 is 13.2 Å². The molecule has 0 aromatic heterocycles. The number of rotatable bonds is 7. The van der Waals surface area contributed by atoms with E-state index in [0.29, 0.717) is 12.1 Å². The average molecular weight is 375 g/mol. The lowest BCUT2D eigenvalue weighted by atomic mass is 10.1. The number of carbonyl (C=O) groups excluding carboxylic acids is 1. The van der Waals surface area contributed by atoms with Crippen LogP contribution in [0, 0.1) is 12.8 Å². The van der Waals surface area contributed by atoms with E-state index >= 15 is 0 Å². The van der Waals surface area contributed by atoms with Crippen LogP contribution in [0.25, 0.3) is 0 Å². The minimum absolute atomic E-state index is 0.153. The highest BCUT2D eigenvalue weighted by molar-refractivity contribution is 7.89. The Labute approximate surface area is 155 Å². The van der Waals surface area contributed by atoms with Crippen LogP contribution in [0.3, 0.4) is 0 Å². The fourth-order valence-electron chi connectivity index (χ4n) is 2.53. The van der Waals surface area contributed by atoms with Gasteiger partial charge in [0.25, 0.3) is 5.91 Å². The molecule has 6 heteroatoms. The van der Waals surface area contributed by atoms with Crippen LogP contribution < -0.4 is 10.0 Å². The van der Waals surface area contributed by atoms with Crippen molar-refractivity contribution in [1.29, 1.82) is 0 Å². The molecule has 2 rings (SSSR count). The lowest BCUT2D eigenvalue weighted by Crippen LogP contribution is -2.27. The van der Waals surface area contributed by atoms with E-state index < -0.39 is 10.0 Å². The zero-order chi connectivity index (χ0) is 19.3. The van der Waals surface area contributed by atoms with Gasteiger partial charge in [0.1, 0.15) is 0 Å². The molecule has 0 saturated carbocycles. The maximum atomic E-state index is 12.5. The molecule has 0 heterocycles. The topological polar surface area (TPSA) is 75.3 Å². The standard InChI is InChI=1S/C20H26N2O3S/c1-5-16-8-6-7-15(4)19(16)22-20(23)17-9-11-18(12-10-17)26(24,25)21-13-14(2)3/h6-12,14,21H,5,13H2,1-4H3,(H,22,23). The number of benzene rings is 2. The van der Waals surface area contributed by atoms with Gasteiger partial charge in [-0.15, -0.1) is 0 Å². The molecule has 0 spiro atoms. The molecule has 0 saturated heterocycles. The van der Waals surface area contributed by atoms with E-state index in [4.69, 9.17) is 0 Å². The molecule has 140 valence electrons. The van der Waals surface area contributed by atoms with Crippen molar-refractivity contribution in [2.75, 3.05) is 11.9 Å². The van der Waals surface area contributed by atoms with E-state index in [9.17, 15) is 13.2 Å². The van der Waals surface area contributed by atoms with Gasteiger partial charge in [0, 0.05) is 17.8 Å². The number of anilines is 1. The Morgan fingerprint density at radius 1 is 1.08 bits per heavy atom. The molecule has 2 aromatic rings. The SMILES string of the molecule is CCc1cccc(C)c1NC(=O)c1ccc(S(=O)(=O)NCC(C)C)cc1. The van der Waals surface area contributed by atoms with Gasteiger partial charge in [-0.1, -0.05) is 39.0 Å². The molecule has 0 aliphatic heterocycles. The van der Waals surface area contributed by atoms with Crippen molar-refractivity contribution in [3.63, 3.8) is 0 Å². The first-order valence-corrected chi connectivity index (χ1v) is 10.2. The van der Waals surface area contributed by atoms with Gasteiger partial charge in [0.05, 0.1) is 4.90 Å². The van der Waals surface area contributed by atoms with E-state index in [2.05, 4.69) is 10.0 Å². The van der Waals surface area contributed by atoms with Crippen LogP contribution in [0.15, 0.2) is 47.4 Å². The van der Waals surface area contributed by atoms with Crippen LogP contribution in [-0.2, 0) is 16.4 Å². The summed E-state index contributed by atoms with van der Waals surface area (Å²) in [6.07, 6.45) is 0.815. The summed E-state index contributed by atoms with van der Waals surface area (Å²) in [7, 11) is -3.56. The summed E-state index contributed by atoms with van der Waals surface area (Å²) in [5.74, 6) is -0.0372. The highest BCUT2D eigenvalue weighted by atomic mass is 32.2. The first-order valence-electron chi connectivity index (χ1n) is 8.74. The Balaban J connectivity index is 2.17. The van der Waals surface area contributed by atoms with Gasteiger partial charge in [-0.2, -0.15) is 0 Å². The van der Waals surface area contributed by atoms with Gasteiger partial charge in [-0.05, 0) is 54.7 Å². The zero-order valence-corrected chi connectivity index (χ0v) is 16.5. The number of para-hydroxylation sites is 1. The second-order valence-electron chi connectivity index (χ2n) is 6.69. The molecule has 2 aromatic carbocycles. The van der Waals surface area contributed by atoms with Gasteiger partial charge < -0.3 is 5.32 Å². The van der Waals surface area contributed by atoms with Crippen LogP contribution in [0.5, 0.6) is 0 Å². The maximum absolute atomic E-state index is 12.5. The minimum atomic E-state index is -3.56. The highest BCUT2D eigenvalue weighted by Gasteiger charge is 2.16. The summed E-state index contributed by atoms with van der Waals surface area (Å²) < 4.78 is 27.0. The molecule has 0 radical (unpaired) electrons. The molecule has 1 amide bonds. The number of hydrogen-bond donors (Lipinski definition) is 2. The molecule has 0 aliphatic rings. The Morgan fingerprint density at radius 2 is 1.73 bits per heavy atom. The quantitative estimate of drug-likeness (QED) is 0.775. The predicted octanol–water partition coefficient (Wildman–Crippen LogP) is 3.74. The number of amides is 1. The molecule has 0 fully saturated rings. The third kappa shape index (κ3) is 4.93. The zero-order valence-electron chi connectivity index (χ0n) is 15.7. The van der Waals surface area contributed by atoms with Crippen LogP contribution in [0.1, 0.15) is 42.3 Å². The molecule has 0 unspecified atom stereocenters. The Hall–Kier alpha value is -2.18. The molecule has 0 aliphatic carbocycles. The number of aryl methyl sites for hydroxylation is 2. The first kappa shape index (κ1) is 20.1. The summed E-state index contributed by atoms with van der Waals surface area (Å²) in [6, 6.07) is 11.9. The monoisotopic (exact) mass is 374 g/mol. The molecular weight excluding hydrogens is 348 g/mol. The Kier molecular flexibility index (Phi) is 6.56. The van der Waals surface area contributed by atoms with Gasteiger partial charge in [0.15, 0.2) is 0 Å². The van der Waals surface area contributed by atoms with Gasteiger partial charge in [0.2, 0.25) is 10.0 Å².